The summed E-state index contributed by atoms with van der Waals surface area (Å²) in [7, 11) is 0. The summed E-state index contributed by atoms with van der Waals surface area (Å²) >= 11 is 6.75. The zero-order valence-corrected chi connectivity index (χ0v) is 15.6. The Labute approximate surface area is 157 Å². The van der Waals surface area contributed by atoms with Crippen LogP contribution >= 0.6 is 24.0 Å². The predicted molar refractivity (Wildman–Crippen MR) is 107 cm³/mol. The summed E-state index contributed by atoms with van der Waals surface area (Å²) in [6.07, 6.45) is 2.81. The molecule has 0 spiro atoms. The zero-order valence-electron chi connectivity index (χ0n) is 14.0. The maximum Gasteiger partial charge on any atom is 0.266 e. The monoisotopic (exact) mass is 369 g/mol. The molecule has 2 aromatic rings. The number of rotatable bonds is 6. The summed E-state index contributed by atoms with van der Waals surface area (Å²) in [5, 5.41) is 0. The number of amides is 1. The molecule has 0 saturated carbocycles. The molecular formula is C20H19NO2S2. The highest BCUT2D eigenvalue weighted by atomic mass is 32.2. The largest absolute Gasteiger partial charge is 0.493 e. The van der Waals surface area contributed by atoms with Gasteiger partial charge in [-0.3, -0.25) is 9.69 Å². The average molecular weight is 370 g/mol. The van der Waals surface area contributed by atoms with Gasteiger partial charge in [0.15, 0.2) is 0 Å². The van der Waals surface area contributed by atoms with E-state index in [4.69, 9.17) is 17.0 Å². The number of carbonyl (C=O) groups excluding carboxylic acids is 1. The van der Waals surface area contributed by atoms with Crippen molar-refractivity contribution in [2.45, 2.75) is 19.9 Å². The molecule has 3 rings (SSSR count). The highest BCUT2D eigenvalue weighted by Gasteiger charge is 2.32. The van der Waals surface area contributed by atoms with Gasteiger partial charge in [0.1, 0.15) is 10.1 Å². The summed E-state index contributed by atoms with van der Waals surface area (Å²) in [6.45, 7) is 3.22. The van der Waals surface area contributed by atoms with E-state index >= 15 is 0 Å². The van der Waals surface area contributed by atoms with Crippen molar-refractivity contribution in [1.82, 2.24) is 4.90 Å². The second-order valence-electron chi connectivity index (χ2n) is 5.64. The van der Waals surface area contributed by atoms with E-state index in [9.17, 15) is 4.79 Å². The molecule has 0 aliphatic carbocycles. The van der Waals surface area contributed by atoms with Gasteiger partial charge in [-0.1, -0.05) is 79.4 Å². The summed E-state index contributed by atoms with van der Waals surface area (Å²) < 4.78 is 6.36. The molecule has 1 amide bonds. The number of benzene rings is 2. The number of carbonyl (C=O) groups is 1. The van der Waals surface area contributed by atoms with Crippen molar-refractivity contribution in [1.29, 1.82) is 0 Å². The molecule has 0 atom stereocenters. The Kier molecular flexibility index (Phi) is 5.89. The Morgan fingerprint density at radius 3 is 2.60 bits per heavy atom. The number of ether oxygens (including phenoxy) is 1. The molecular weight excluding hydrogens is 350 g/mol. The summed E-state index contributed by atoms with van der Waals surface area (Å²) in [6, 6.07) is 17.6. The highest BCUT2D eigenvalue weighted by molar-refractivity contribution is 8.26. The molecule has 1 aliphatic heterocycles. The first-order chi connectivity index (χ1) is 12.2. The molecule has 1 fully saturated rings. The first kappa shape index (κ1) is 17.7. The lowest BCUT2D eigenvalue weighted by Crippen LogP contribution is -2.27. The van der Waals surface area contributed by atoms with Crippen LogP contribution in [0, 0.1) is 0 Å². The molecule has 1 aliphatic rings. The van der Waals surface area contributed by atoms with Crippen molar-refractivity contribution >= 4 is 40.3 Å². The van der Waals surface area contributed by atoms with Crippen molar-refractivity contribution in [3.05, 3.63) is 70.6 Å². The van der Waals surface area contributed by atoms with E-state index in [-0.39, 0.29) is 5.91 Å². The van der Waals surface area contributed by atoms with Crippen LogP contribution in [0.3, 0.4) is 0 Å². The summed E-state index contributed by atoms with van der Waals surface area (Å²) in [5.41, 5.74) is 1.96. The van der Waals surface area contributed by atoms with Gasteiger partial charge in [0.05, 0.1) is 18.1 Å². The highest BCUT2D eigenvalue weighted by Crippen LogP contribution is 2.35. The van der Waals surface area contributed by atoms with Gasteiger partial charge >= 0.3 is 0 Å². The van der Waals surface area contributed by atoms with Gasteiger partial charge in [-0.15, -0.1) is 0 Å². The van der Waals surface area contributed by atoms with Crippen LogP contribution in [0.1, 0.15) is 24.5 Å². The minimum Gasteiger partial charge on any atom is -0.493 e. The molecule has 25 heavy (non-hydrogen) atoms. The van der Waals surface area contributed by atoms with Gasteiger partial charge in [-0.25, -0.2) is 0 Å². The van der Waals surface area contributed by atoms with Gasteiger partial charge in [-0.05, 0) is 24.1 Å². The lowest BCUT2D eigenvalue weighted by molar-refractivity contribution is -0.122. The van der Waals surface area contributed by atoms with E-state index in [1.807, 2.05) is 60.7 Å². The van der Waals surface area contributed by atoms with Gasteiger partial charge in [-0.2, -0.15) is 0 Å². The number of thiocarbonyl (C=S) groups is 1. The van der Waals surface area contributed by atoms with E-state index < -0.39 is 0 Å². The molecule has 0 unspecified atom stereocenters. The quantitative estimate of drug-likeness (QED) is 0.536. The van der Waals surface area contributed by atoms with Crippen LogP contribution in [-0.2, 0) is 11.3 Å². The molecule has 0 bridgehead atoms. The molecule has 2 aromatic carbocycles. The Morgan fingerprint density at radius 2 is 1.84 bits per heavy atom. The van der Waals surface area contributed by atoms with Crippen LogP contribution in [0.5, 0.6) is 5.75 Å². The third kappa shape index (κ3) is 4.30. The summed E-state index contributed by atoms with van der Waals surface area (Å²) in [4.78, 5) is 15.0. The normalized spacial score (nSPS) is 15.9. The molecule has 0 aromatic heterocycles. The second-order valence-corrected chi connectivity index (χ2v) is 7.32. The van der Waals surface area contributed by atoms with Crippen molar-refractivity contribution in [2.75, 3.05) is 6.61 Å². The lowest BCUT2D eigenvalue weighted by atomic mass is 10.1. The number of thioether (sulfide) groups is 1. The number of nitrogens with zero attached hydrogens (tertiary/aromatic N) is 1. The molecule has 0 N–H and O–H groups in total. The Bertz CT molecular complexity index is 802. The SMILES string of the molecule is CCCOc1ccccc1C=C1SC(=S)N(Cc2ccccc2)C1=O. The molecule has 3 nitrogen and oxygen atoms in total. The first-order valence-corrected chi connectivity index (χ1v) is 9.42. The van der Waals surface area contributed by atoms with E-state index in [2.05, 4.69) is 6.92 Å². The molecule has 5 heteroatoms. The molecule has 1 saturated heterocycles. The zero-order chi connectivity index (χ0) is 17.6. The Balaban J connectivity index is 1.81. The maximum absolute atomic E-state index is 12.8. The fraction of sp³-hybridized carbons (Fsp3) is 0.200. The van der Waals surface area contributed by atoms with E-state index in [0.717, 1.165) is 23.3 Å². The second kappa shape index (κ2) is 8.32. The average Bonchev–Trinajstić information content (AvgIpc) is 2.89. The predicted octanol–water partition coefficient (Wildman–Crippen LogP) is 4.88. The Hall–Kier alpha value is -2.11. The van der Waals surface area contributed by atoms with Crippen LogP contribution in [-0.4, -0.2) is 21.7 Å². The molecule has 0 radical (unpaired) electrons. The van der Waals surface area contributed by atoms with Crippen LogP contribution in [0.2, 0.25) is 0 Å². The topological polar surface area (TPSA) is 29.5 Å². The van der Waals surface area contributed by atoms with E-state index in [0.29, 0.717) is 22.4 Å². The third-order valence-electron chi connectivity index (χ3n) is 3.72. The van der Waals surface area contributed by atoms with Crippen LogP contribution in [0.4, 0.5) is 0 Å². The van der Waals surface area contributed by atoms with Crippen molar-refractivity contribution < 1.29 is 9.53 Å². The lowest BCUT2D eigenvalue weighted by Gasteiger charge is -2.14. The van der Waals surface area contributed by atoms with Gasteiger partial charge in [0.25, 0.3) is 5.91 Å². The van der Waals surface area contributed by atoms with Crippen molar-refractivity contribution in [2.24, 2.45) is 0 Å². The van der Waals surface area contributed by atoms with Crippen molar-refractivity contribution in [3.8, 4) is 5.75 Å². The Morgan fingerprint density at radius 1 is 1.12 bits per heavy atom. The fourth-order valence-electron chi connectivity index (χ4n) is 2.49. The molecule has 1 heterocycles. The van der Waals surface area contributed by atoms with Crippen LogP contribution < -0.4 is 4.74 Å². The maximum atomic E-state index is 12.8. The molecule has 128 valence electrons. The van der Waals surface area contributed by atoms with Gasteiger partial charge in [0.2, 0.25) is 0 Å². The minimum absolute atomic E-state index is 0.0517. The number of hydrogen-bond acceptors (Lipinski definition) is 4. The fourth-order valence-corrected chi connectivity index (χ4v) is 3.73. The minimum atomic E-state index is -0.0517. The van der Waals surface area contributed by atoms with Gasteiger partial charge in [0, 0.05) is 5.56 Å². The van der Waals surface area contributed by atoms with E-state index in [1.165, 1.54) is 11.8 Å². The summed E-state index contributed by atoms with van der Waals surface area (Å²) in [5.74, 6) is 0.738. The third-order valence-corrected chi connectivity index (χ3v) is 5.10. The van der Waals surface area contributed by atoms with Gasteiger partial charge < -0.3 is 4.74 Å². The number of hydrogen-bond donors (Lipinski definition) is 0. The van der Waals surface area contributed by atoms with Crippen LogP contribution in [0.25, 0.3) is 6.08 Å². The van der Waals surface area contributed by atoms with E-state index in [1.54, 1.807) is 4.90 Å². The van der Waals surface area contributed by atoms with Crippen LogP contribution in [0.15, 0.2) is 59.5 Å². The number of para-hydroxylation sites is 1. The first-order valence-electron chi connectivity index (χ1n) is 8.20. The smallest absolute Gasteiger partial charge is 0.266 e. The standard InChI is InChI=1S/C20H19NO2S2/c1-2-12-23-17-11-7-6-10-16(17)13-18-19(22)21(20(24)25-18)14-15-8-4-3-5-9-15/h3-11,13H,2,12,14H2,1H3. The van der Waals surface area contributed by atoms with Crippen molar-refractivity contribution in [3.63, 3.8) is 0 Å².